The number of amides is 1. The molecule has 0 aliphatic carbocycles. The smallest absolute Gasteiger partial charge is 0.290 e. The van der Waals surface area contributed by atoms with Gasteiger partial charge in [0.2, 0.25) is 0 Å². The minimum absolute atomic E-state index is 0.0363. The number of rotatable bonds is 10. The second-order valence-corrected chi connectivity index (χ2v) is 12.1. The van der Waals surface area contributed by atoms with Gasteiger partial charge < -0.3 is 19.4 Å². The van der Waals surface area contributed by atoms with E-state index in [1.165, 1.54) is 19.4 Å². The molecule has 1 unspecified atom stereocenters. The number of hydrogen-bond donors (Lipinski definition) is 2. The van der Waals surface area contributed by atoms with E-state index in [9.17, 15) is 13.8 Å². The lowest BCUT2D eigenvalue weighted by atomic mass is 9.75. The number of nitrogens with zero attached hydrogens (tertiary/aromatic N) is 1. The van der Waals surface area contributed by atoms with E-state index in [0.717, 1.165) is 29.7 Å². The molecule has 1 aliphatic rings. The van der Waals surface area contributed by atoms with E-state index >= 15 is 0 Å². The number of methoxy groups -OCH3 is 1. The molecule has 2 atom stereocenters. The second-order valence-electron chi connectivity index (χ2n) is 10.0. The third-order valence-corrected chi connectivity index (χ3v) is 8.70. The van der Waals surface area contributed by atoms with Crippen LogP contribution in [0.5, 0.6) is 11.5 Å². The van der Waals surface area contributed by atoms with Crippen molar-refractivity contribution in [1.29, 1.82) is 0 Å². The topological polar surface area (TPSA) is 115 Å². The van der Waals surface area contributed by atoms with Gasteiger partial charge in [0.05, 0.1) is 28.4 Å². The summed E-state index contributed by atoms with van der Waals surface area (Å²) in [6, 6.07) is 5.34. The highest BCUT2D eigenvalue weighted by atomic mass is 35.5. The van der Waals surface area contributed by atoms with Crippen LogP contribution in [0.3, 0.4) is 0 Å². The first kappa shape index (κ1) is 28.9. The van der Waals surface area contributed by atoms with Crippen LogP contribution in [0.2, 0.25) is 5.02 Å². The van der Waals surface area contributed by atoms with Crippen LogP contribution in [0, 0.1) is 12.8 Å². The first-order valence-corrected chi connectivity index (χ1v) is 13.8. The largest absolute Gasteiger partial charge is 0.491 e. The molecule has 1 aromatic heterocycles. The summed E-state index contributed by atoms with van der Waals surface area (Å²) in [5.74, 6) is 0.805. The zero-order chi connectivity index (χ0) is 27.3. The lowest BCUT2D eigenvalue weighted by Gasteiger charge is -2.39. The molecule has 1 aromatic carbocycles. The number of halogens is 1. The quantitative estimate of drug-likeness (QED) is 0.428. The van der Waals surface area contributed by atoms with Crippen LogP contribution in [-0.2, 0) is 11.0 Å². The Morgan fingerprint density at radius 2 is 2.00 bits per heavy atom. The minimum atomic E-state index is -1.54. The van der Waals surface area contributed by atoms with Crippen LogP contribution in [0.1, 0.15) is 60.5 Å². The average Bonchev–Trinajstić information content (AvgIpc) is 2.87. The SMILES string of the molecule is C=CCOc1cc(C)c(Cl)cc1[C@H](CC(C)(C)S(N)=O)C1CCN(C(=O)c2c[nH]c(=O)c(OC)c2)CC1. The van der Waals surface area contributed by atoms with Gasteiger partial charge >= 0.3 is 0 Å². The molecule has 1 saturated heterocycles. The molecule has 0 radical (unpaired) electrons. The van der Waals surface area contributed by atoms with Crippen LogP contribution in [0.25, 0.3) is 0 Å². The molecule has 202 valence electrons. The fourth-order valence-electron chi connectivity index (χ4n) is 4.80. The van der Waals surface area contributed by atoms with Crippen molar-refractivity contribution < 1.29 is 18.5 Å². The molecule has 1 aliphatic heterocycles. The van der Waals surface area contributed by atoms with Gasteiger partial charge in [0.1, 0.15) is 12.4 Å². The van der Waals surface area contributed by atoms with Gasteiger partial charge in [0.25, 0.3) is 11.5 Å². The Morgan fingerprint density at radius 3 is 2.59 bits per heavy atom. The summed E-state index contributed by atoms with van der Waals surface area (Å²) in [4.78, 5) is 29.3. The summed E-state index contributed by atoms with van der Waals surface area (Å²) in [7, 11) is -0.143. The fraction of sp³-hybridized carbons (Fsp3) is 0.481. The molecule has 3 N–H and O–H groups in total. The number of aromatic nitrogens is 1. The number of carbonyl (C=O) groups excluding carboxylic acids is 1. The highest BCUT2D eigenvalue weighted by Crippen LogP contribution is 2.44. The van der Waals surface area contributed by atoms with Gasteiger partial charge in [-0.3, -0.25) is 14.7 Å². The molecular formula is C27H36ClN3O5S. The molecule has 0 saturated carbocycles. The number of carbonyl (C=O) groups is 1. The van der Waals surface area contributed by atoms with Crippen molar-refractivity contribution in [2.75, 3.05) is 26.8 Å². The summed E-state index contributed by atoms with van der Waals surface area (Å²) in [5.41, 5.74) is 1.84. The van der Waals surface area contributed by atoms with Gasteiger partial charge in [-0.05, 0) is 75.1 Å². The number of hydrogen-bond acceptors (Lipinski definition) is 5. The van der Waals surface area contributed by atoms with E-state index < -0.39 is 15.7 Å². The van der Waals surface area contributed by atoms with Crippen LogP contribution in [-0.4, -0.2) is 51.6 Å². The summed E-state index contributed by atoms with van der Waals surface area (Å²) >= 11 is 6.56. The van der Waals surface area contributed by atoms with E-state index in [4.69, 9.17) is 26.2 Å². The van der Waals surface area contributed by atoms with Crippen molar-refractivity contribution in [3.63, 3.8) is 0 Å². The number of nitrogens with two attached hydrogens (primary N) is 1. The molecule has 1 fully saturated rings. The highest BCUT2D eigenvalue weighted by molar-refractivity contribution is 7.84. The van der Waals surface area contributed by atoms with E-state index in [-0.39, 0.29) is 29.1 Å². The molecule has 37 heavy (non-hydrogen) atoms. The molecule has 2 aromatic rings. The number of likely N-dealkylation sites (tertiary alicyclic amines) is 1. The summed E-state index contributed by atoms with van der Waals surface area (Å²) < 4.78 is 22.8. The zero-order valence-electron chi connectivity index (χ0n) is 21.8. The lowest BCUT2D eigenvalue weighted by molar-refractivity contribution is 0.0672. The maximum absolute atomic E-state index is 13.1. The maximum atomic E-state index is 13.1. The Balaban J connectivity index is 1.89. The van der Waals surface area contributed by atoms with Gasteiger partial charge in [-0.1, -0.05) is 24.3 Å². The van der Waals surface area contributed by atoms with Crippen LogP contribution >= 0.6 is 11.6 Å². The molecule has 3 rings (SSSR count). The van der Waals surface area contributed by atoms with Crippen molar-refractivity contribution in [2.24, 2.45) is 11.1 Å². The van der Waals surface area contributed by atoms with Gasteiger partial charge in [-0.25, -0.2) is 4.21 Å². The van der Waals surface area contributed by atoms with Gasteiger partial charge in [-0.15, -0.1) is 0 Å². The van der Waals surface area contributed by atoms with Crippen LogP contribution < -0.4 is 20.2 Å². The molecule has 0 bridgehead atoms. The van der Waals surface area contributed by atoms with Gasteiger partial charge in [0, 0.05) is 30.4 Å². The number of benzene rings is 1. The first-order chi connectivity index (χ1) is 17.5. The van der Waals surface area contributed by atoms with Crippen LogP contribution in [0.15, 0.2) is 41.8 Å². The standard InChI is InChI=1S/C27H36ClN3O5S/c1-6-11-36-23-12-17(2)22(28)14-20(23)21(15-27(3,4)37(29)34)18-7-9-31(10-8-18)26(33)19-13-24(35-5)25(32)30-16-19/h6,12-14,16,18,21H,1,7-11,15,29H2,2-5H3,(H,30,32)/t21-,37?/m1/s1. The van der Waals surface area contributed by atoms with Crippen molar-refractivity contribution in [2.45, 2.75) is 50.7 Å². The predicted molar refractivity (Wildman–Crippen MR) is 148 cm³/mol. The van der Waals surface area contributed by atoms with E-state index in [1.54, 1.807) is 11.0 Å². The Labute approximate surface area is 225 Å². The third-order valence-electron chi connectivity index (χ3n) is 7.04. The normalized spacial score (nSPS) is 16.2. The Bertz CT molecular complexity index is 1220. The van der Waals surface area contributed by atoms with E-state index in [2.05, 4.69) is 11.6 Å². The monoisotopic (exact) mass is 549 g/mol. The molecule has 10 heteroatoms. The minimum Gasteiger partial charge on any atom is -0.491 e. The number of H-pyrrole nitrogens is 1. The fourth-order valence-corrected chi connectivity index (χ4v) is 5.32. The van der Waals surface area contributed by atoms with Crippen molar-refractivity contribution in [3.05, 3.63) is 69.1 Å². The molecule has 1 amide bonds. The van der Waals surface area contributed by atoms with Crippen molar-refractivity contribution >= 4 is 28.5 Å². The van der Waals surface area contributed by atoms with Crippen LogP contribution in [0.4, 0.5) is 0 Å². The zero-order valence-corrected chi connectivity index (χ0v) is 23.4. The molecular weight excluding hydrogens is 514 g/mol. The number of nitrogens with one attached hydrogen (secondary N) is 1. The third kappa shape index (κ3) is 6.83. The number of aryl methyl sites for hydroxylation is 1. The second kappa shape index (κ2) is 12.3. The summed E-state index contributed by atoms with van der Waals surface area (Å²) in [5, 5.41) is 6.51. The lowest BCUT2D eigenvalue weighted by Crippen LogP contribution is -2.42. The summed E-state index contributed by atoms with van der Waals surface area (Å²) in [6.45, 7) is 10.9. The van der Waals surface area contributed by atoms with Crippen molar-refractivity contribution in [3.8, 4) is 11.5 Å². The Kier molecular flexibility index (Phi) is 9.61. The molecule has 2 heterocycles. The molecule has 8 nitrogen and oxygen atoms in total. The first-order valence-electron chi connectivity index (χ1n) is 12.2. The predicted octanol–water partition coefficient (Wildman–Crippen LogP) is 4.34. The average molecular weight is 550 g/mol. The Morgan fingerprint density at radius 1 is 1.32 bits per heavy atom. The number of aromatic amines is 1. The number of piperidine rings is 1. The highest BCUT2D eigenvalue weighted by Gasteiger charge is 2.37. The Hall–Kier alpha value is -2.62. The van der Waals surface area contributed by atoms with Gasteiger partial charge in [-0.2, -0.15) is 0 Å². The van der Waals surface area contributed by atoms with Gasteiger partial charge in [0.15, 0.2) is 5.75 Å². The van der Waals surface area contributed by atoms with E-state index in [0.29, 0.717) is 36.7 Å². The number of ether oxygens (including phenoxy) is 2. The maximum Gasteiger partial charge on any atom is 0.290 e. The van der Waals surface area contributed by atoms with E-state index in [1.807, 2.05) is 32.9 Å². The summed E-state index contributed by atoms with van der Waals surface area (Å²) in [6.07, 6.45) is 5.14. The van der Waals surface area contributed by atoms with Crippen molar-refractivity contribution in [1.82, 2.24) is 9.88 Å². The number of pyridine rings is 1. The molecule has 0 spiro atoms.